The van der Waals surface area contributed by atoms with Gasteiger partial charge in [-0.05, 0) is 83.3 Å². The largest absolute Gasteiger partial charge is 0.497 e. The van der Waals surface area contributed by atoms with Crippen LogP contribution in [-0.4, -0.2) is 84.3 Å². The van der Waals surface area contributed by atoms with E-state index in [4.69, 9.17) is 23.9 Å². The van der Waals surface area contributed by atoms with E-state index in [-0.39, 0.29) is 35.3 Å². The van der Waals surface area contributed by atoms with Gasteiger partial charge in [-0.3, -0.25) is 19.3 Å². The van der Waals surface area contributed by atoms with Crippen LogP contribution in [0, 0.1) is 23.7 Å². The Balaban J connectivity index is 1.29. The summed E-state index contributed by atoms with van der Waals surface area (Å²) in [5.41, 5.74) is 1.44. The summed E-state index contributed by atoms with van der Waals surface area (Å²) in [5, 5.41) is 16.2. The molecule has 3 aliphatic heterocycles. The first-order valence-corrected chi connectivity index (χ1v) is 24.9. The van der Waals surface area contributed by atoms with Gasteiger partial charge in [0.25, 0.3) is 0 Å². The Morgan fingerprint density at radius 1 is 0.811 bits per heavy atom. The quantitative estimate of drug-likeness (QED) is 0.0787. The Morgan fingerprint density at radius 2 is 1.47 bits per heavy atom. The van der Waals surface area contributed by atoms with Crippen LogP contribution in [0.3, 0.4) is 0 Å². The van der Waals surface area contributed by atoms with E-state index in [9.17, 15) is 9.90 Å². The monoisotopic (exact) mass is 1010 g/mol. The number of cyclic esters (lactones) is 1. The number of thiazole rings is 1. The zero-order valence-corrected chi connectivity index (χ0v) is 41.6. The van der Waals surface area contributed by atoms with Crippen LogP contribution < -0.4 is 25.0 Å². The zero-order valence-electron chi connectivity index (χ0n) is 40.8. The van der Waals surface area contributed by atoms with Gasteiger partial charge >= 0.3 is 18.0 Å². The Bertz CT molecular complexity index is 3310. The Labute approximate surface area is 431 Å². The summed E-state index contributed by atoms with van der Waals surface area (Å²) in [5.74, 6) is 1.98. The lowest BCUT2D eigenvalue weighted by molar-refractivity contribution is -0.178. The number of morpholine rings is 1. The number of hydrogen-bond acceptors (Lipinski definition) is 13. The highest BCUT2D eigenvalue weighted by atomic mass is 32.1. The third kappa shape index (κ3) is 8.68. The minimum atomic E-state index is -2.22. The summed E-state index contributed by atoms with van der Waals surface area (Å²) in [7, 11) is 2.78. The number of imide groups is 1. The number of aliphatic hydroxyl groups is 1. The summed E-state index contributed by atoms with van der Waals surface area (Å²) in [6.45, 7) is 2.95. The number of aromatic nitrogens is 1. The highest BCUT2D eigenvalue weighted by Gasteiger charge is 2.76. The standard InChI is InChI=1S/C58H51N5O10S/c1-34(2)47(53(66)71-4)60-57(69)62-43-30-27-36(24-23-35-25-28-39(70-3)29-26-35)33-41(43)58(55(62)68)46(52(65)61-56-59-42-20-12-14-22-45(42)74-56)49-54(67)73-50(38-17-9-6-10-18-38)48(37-15-7-5-8-16-37)63(49)51(58)40-19-11-13-21-44(40)72-32-31-64/h5-22,25-30,33-34,46-51,64H,31-32H2,1-4H3,(H,60,69)(H,59,61,65). The number of nitrogens with zero attached hydrogens (tertiary/aromatic N) is 3. The average Bonchev–Trinajstić information content (AvgIpc) is 4.15. The van der Waals surface area contributed by atoms with E-state index < -0.39 is 77.3 Å². The van der Waals surface area contributed by atoms with Gasteiger partial charge in [0.05, 0.1) is 54.7 Å². The third-order valence-electron chi connectivity index (χ3n) is 13.9. The molecule has 4 amide bonds. The molecule has 0 bridgehead atoms. The van der Waals surface area contributed by atoms with Crippen LogP contribution in [0.2, 0.25) is 0 Å². The number of rotatable bonds is 12. The van der Waals surface area contributed by atoms with E-state index in [1.54, 1.807) is 87.7 Å². The maximum absolute atomic E-state index is 16.9. The van der Waals surface area contributed by atoms with Gasteiger partial charge in [-0.2, -0.15) is 0 Å². The van der Waals surface area contributed by atoms with E-state index in [0.717, 1.165) is 9.60 Å². The van der Waals surface area contributed by atoms with Crippen molar-refractivity contribution in [3.8, 4) is 23.3 Å². The number of nitrogens with one attached hydrogen (secondary N) is 2. The molecule has 3 aliphatic rings. The predicted octanol–water partition coefficient (Wildman–Crippen LogP) is 8.29. The molecule has 10 rings (SSSR count). The fourth-order valence-corrected chi connectivity index (χ4v) is 11.6. The summed E-state index contributed by atoms with van der Waals surface area (Å²) in [6.07, 6.45) is -0.998. The molecule has 7 unspecified atom stereocenters. The second-order valence-corrected chi connectivity index (χ2v) is 19.4. The molecule has 2 saturated heterocycles. The number of carbonyl (C=O) groups is 5. The van der Waals surface area contributed by atoms with Gasteiger partial charge in [0.1, 0.15) is 41.7 Å². The SMILES string of the molecule is COC(=O)C(NC(=O)N1C(=O)C2(c3cc(C#Cc4ccc(OC)cc4)ccc31)C(C(=O)Nc1nc3ccccc3s1)C1C(=O)OC(c3ccccc3)C(c3ccccc3)N1C2c1ccccc1OCCO)C(C)C. The van der Waals surface area contributed by atoms with E-state index >= 15 is 19.2 Å². The van der Waals surface area contributed by atoms with E-state index in [1.165, 1.54) is 18.4 Å². The van der Waals surface area contributed by atoms with Gasteiger partial charge in [-0.25, -0.2) is 19.5 Å². The fraction of sp³-hybridized carbons (Fsp3) is 0.241. The summed E-state index contributed by atoms with van der Waals surface area (Å²) in [4.78, 5) is 84.8. The second-order valence-electron chi connectivity index (χ2n) is 18.4. The predicted molar refractivity (Wildman–Crippen MR) is 277 cm³/mol. The highest BCUT2D eigenvalue weighted by molar-refractivity contribution is 7.22. The van der Waals surface area contributed by atoms with Gasteiger partial charge in [-0.15, -0.1) is 0 Å². The fourth-order valence-electron chi connectivity index (χ4n) is 10.7. The second kappa shape index (κ2) is 20.6. The van der Waals surface area contributed by atoms with Crippen LogP contribution in [0.25, 0.3) is 10.2 Å². The van der Waals surface area contributed by atoms with Crippen molar-refractivity contribution in [3.63, 3.8) is 0 Å². The molecule has 74 heavy (non-hydrogen) atoms. The maximum atomic E-state index is 16.9. The number of anilines is 2. The van der Waals surface area contributed by atoms with Crippen molar-refractivity contribution in [3.05, 3.63) is 185 Å². The Morgan fingerprint density at radius 3 is 2.16 bits per heavy atom. The normalized spacial score (nSPS) is 21.3. The van der Waals surface area contributed by atoms with Crippen LogP contribution in [-0.2, 0) is 34.1 Å². The number of para-hydroxylation sites is 2. The van der Waals surface area contributed by atoms with Gasteiger partial charge in [0.2, 0.25) is 11.8 Å². The first-order chi connectivity index (χ1) is 36.0. The van der Waals surface area contributed by atoms with Crippen molar-refractivity contribution >= 4 is 62.2 Å². The lowest BCUT2D eigenvalue weighted by Gasteiger charge is -2.46. The van der Waals surface area contributed by atoms with Gasteiger partial charge in [-0.1, -0.05) is 128 Å². The molecule has 7 atom stereocenters. The lowest BCUT2D eigenvalue weighted by Crippen LogP contribution is -2.57. The molecule has 16 heteroatoms. The van der Waals surface area contributed by atoms with Crippen molar-refractivity contribution in [2.75, 3.05) is 37.7 Å². The molecule has 15 nitrogen and oxygen atoms in total. The number of benzene rings is 6. The molecule has 0 aliphatic carbocycles. The Kier molecular flexibility index (Phi) is 13.7. The van der Waals surface area contributed by atoms with Gasteiger partial charge < -0.3 is 34.7 Å². The molecule has 0 saturated carbocycles. The van der Waals surface area contributed by atoms with Crippen LogP contribution in [0.1, 0.15) is 65.4 Å². The minimum Gasteiger partial charge on any atom is -0.497 e. The van der Waals surface area contributed by atoms with Crippen molar-refractivity contribution in [2.45, 2.75) is 49.5 Å². The molecule has 6 aromatic carbocycles. The molecule has 4 heterocycles. The summed E-state index contributed by atoms with van der Waals surface area (Å²) in [6, 6.07) is 39.2. The van der Waals surface area contributed by atoms with Crippen LogP contribution in [0.4, 0.5) is 15.6 Å². The lowest BCUT2D eigenvalue weighted by atomic mass is 9.65. The summed E-state index contributed by atoms with van der Waals surface area (Å²) < 4.78 is 24.2. The minimum absolute atomic E-state index is 0.0792. The number of esters is 2. The third-order valence-corrected chi connectivity index (χ3v) is 14.8. The molecular formula is C58H51N5O10S. The number of hydrogen-bond donors (Lipinski definition) is 3. The average molecular weight is 1010 g/mol. The van der Waals surface area contributed by atoms with Crippen LogP contribution >= 0.6 is 11.3 Å². The van der Waals surface area contributed by atoms with E-state index in [2.05, 4.69) is 22.5 Å². The molecule has 1 spiro atoms. The molecule has 1 aromatic heterocycles. The number of ether oxygens (including phenoxy) is 4. The Hall–Kier alpha value is -8.36. The van der Waals surface area contributed by atoms with Gasteiger partial charge in [0.15, 0.2) is 5.13 Å². The van der Waals surface area contributed by atoms with Crippen LogP contribution in [0.15, 0.2) is 152 Å². The number of amides is 4. The first-order valence-electron chi connectivity index (χ1n) is 24.1. The van der Waals surface area contributed by atoms with Crippen LogP contribution in [0.5, 0.6) is 11.5 Å². The van der Waals surface area contributed by atoms with Crippen molar-refractivity contribution in [2.24, 2.45) is 11.8 Å². The van der Waals surface area contributed by atoms with E-state index in [0.29, 0.717) is 39.1 Å². The topological polar surface area (TPSA) is 186 Å². The molecular weight excluding hydrogens is 959 g/mol. The number of aliphatic hydroxyl groups excluding tert-OH is 1. The van der Waals surface area contributed by atoms with Gasteiger partial charge in [0, 0.05) is 16.7 Å². The maximum Gasteiger partial charge on any atom is 0.329 e. The zero-order chi connectivity index (χ0) is 51.7. The molecule has 7 aromatic rings. The summed E-state index contributed by atoms with van der Waals surface area (Å²) >= 11 is 1.22. The smallest absolute Gasteiger partial charge is 0.329 e. The molecule has 0 radical (unpaired) electrons. The molecule has 3 N–H and O–H groups in total. The van der Waals surface area contributed by atoms with Crippen molar-refractivity contribution in [1.82, 2.24) is 15.2 Å². The van der Waals surface area contributed by atoms with Crippen molar-refractivity contribution < 1.29 is 48.0 Å². The van der Waals surface area contributed by atoms with Crippen molar-refractivity contribution in [1.29, 1.82) is 0 Å². The molecule has 374 valence electrons. The number of urea groups is 1. The molecule has 2 fully saturated rings. The number of fused-ring (bicyclic) bond motifs is 4. The first kappa shape index (κ1) is 49.2. The number of carbonyl (C=O) groups excluding carboxylic acids is 5. The number of methoxy groups -OCH3 is 2. The highest BCUT2D eigenvalue weighted by Crippen LogP contribution is 2.67. The van der Waals surface area contributed by atoms with E-state index in [1.807, 2.05) is 89.8 Å².